The first-order chi connectivity index (χ1) is 14.4. The van der Waals surface area contributed by atoms with Gasteiger partial charge in [-0.25, -0.2) is 14.4 Å². The summed E-state index contributed by atoms with van der Waals surface area (Å²) in [5.41, 5.74) is 1.86. The van der Waals surface area contributed by atoms with E-state index in [0.717, 1.165) is 24.3 Å². The van der Waals surface area contributed by atoms with Crippen LogP contribution in [0.25, 0.3) is 0 Å². The normalized spacial score (nSPS) is 15.4. The number of methoxy groups -OCH3 is 1. The number of pyridine rings is 1. The highest BCUT2D eigenvalue weighted by Gasteiger charge is 2.39. The molecule has 9 heteroatoms. The van der Waals surface area contributed by atoms with Crippen LogP contribution in [0.5, 0.6) is 0 Å². The number of aromatic nitrogens is 3. The fourth-order valence-corrected chi connectivity index (χ4v) is 3.46. The number of hydrogen-bond donors (Lipinski definition) is 2. The standard InChI is InChI=1S/C22H25FN6O.ClH/c1-15(16-4-6-17(23)7-5-16)26-19-10-18(29-13-22(2,14-29)30-3)11-20(27-19)28-21-12-24-8-9-25-21;/h4-12,15H,13-14H2,1-3H3,(H2,25,26,27,28);1H. The molecule has 0 saturated carbocycles. The Morgan fingerprint density at radius 1 is 1.10 bits per heavy atom. The van der Waals surface area contributed by atoms with Gasteiger partial charge in [0.25, 0.3) is 0 Å². The summed E-state index contributed by atoms with van der Waals surface area (Å²) >= 11 is 0. The number of benzene rings is 1. The van der Waals surface area contributed by atoms with Crippen molar-refractivity contribution in [2.24, 2.45) is 0 Å². The van der Waals surface area contributed by atoms with Gasteiger partial charge in [-0.2, -0.15) is 0 Å². The van der Waals surface area contributed by atoms with Crippen molar-refractivity contribution in [3.8, 4) is 0 Å². The SMILES string of the molecule is COC1(C)CN(c2cc(Nc3cnccn3)nc(NC(C)c3ccc(F)cc3)c2)C1.Cl. The first kappa shape index (κ1) is 22.7. The molecule has 0 spiro atoms. The molecular formula is C22H26ClFN6O. The molecule has 1 unspecified atom stereocenters. The molecule has 1 saturated heterocycles. The molecular weight excluding hydrogens is 419 g/mol. The highest BCUT2D eigenvalue weighted by Crippen LogP contribution is 2.33. The molecule has 1 fully saturated rings. The lowest BCUT2D eigenvalue weighted by Gasteiger charge is -2.48. The summed E-state index contributed by atoms with van der Waals surface area (Å²) in [6.07, 6.45) is 4.90. The molecule has 4 rings (SSSR count). The van der Waals surface area contributed by atoms with Gasteiger partial charge in [-0.3, -0.25) is 4.98 Å². The Kier molecular flexibility index (Phi) is 6.92. The average molecular weight is 445 g/mol. The molecule has 7 nitrogen and oxygen atoms in total. The van der Waals surface area contributed by atoms with Crippen LogP contribution in [0.3, 0.4) is 0 Å². The number of ether oxygens (including phenoxy) is 1. The molecule has 0 bridgehead atoms. The molecule has 0 radical (unpaired) electrons. The van der Waals surface area contributed by atoms with E-state index in [9.17, 15) is 4.39 Å². The maximum absolute atomic E-state index is 13.2. The number of nitrogens with one attached hydrogen (secondary N) is 2. The van der Waals surface area contributed by atoms with Crippen molar-refractivity contribution >= 4 is 35.5 Å². The minimum Gasteiger partial charge on any atom is -0.375 e. The van der Waals surface area contributed by atoms with Crippen molar-refractivity contribution < 1.29 is 9.13 Å². The minimum atomic E-state index is -0.250. The topological polar surface area (TPSA) is 75.2 Å². The Morgan fingerprint density at radius 3 is 2.45 bits per heavy atom. The fourth-order valence-electron chi connectivity index (χ4n) is 3.46. The van der Waals surface area contributed by atoms with E-state index in [0.29, 0.717) is 17.5 Å². The number of nitrogens with zero attached hydrogens (tertiary/aromatic N) is 4. The third-order valence-electron chi connectivity index (χ3n) is 5.27. The van der Waals surface area contributed by atoms with E-state index in [1.54, 1.807) is 37.8 Å². The monoisotopic (exact) mass is 444 g/mol. The molecule has 164 valence electrons. The summed E-state index contributed by atoms with van der Waals surface area (Å²) in [6, 6.07) is 10.4. The van der Waals surface area contributed by atoms with Gasteiger partial charge in [-0.05, 0) is 31.5 Å². The van der Waals surface area contributed by atoms with E-state index in [1.807, 2.05) is 19.1 Å². The van der Waals surface area contributed by atoms with Gasteiger partial charge in [0, 0.05) is 56.5 Å². The lowest BCUT2D eigenvalue weighted by atomic mass is 9.96. The van der Waals surface area contributed by atoms with E-state index in [2.05, 4.69) is 37.4 Å². The first-order valence-corrected chi connectivity index (χ1v) is 9.81. The van der Waals surface area contributed by atoms with Gasteiger partial charge >= 0.3 is 0 Å². The Morgan fingerprint density at radius 2 is 1.81 bits per heavy atom. The average Bonchev–Trinajstić information content (AvgIpc) is 2.72. The minimum absolute atomic E-state index is 0. The zero-order valence-corrected chi connectivity index (χ0v) is 18.5. The van der Waals surface area contributed by atoms with Crippen LogP contribution in [0.15, 0.2) is 55.0 Å². The Balaban J connectivity index is 0.00000272. The van der Waals surface area contributed by atoms with Crippen molar-refractivity contribution in [2.45, 2.75) is 25.5 Å². The van der Waals surface area contributed by atoms with Crippen LogP contribution in [0.1, 0.15) is 25.5 Å². The largest absolute Gasteiger partial charge is 0.375 e. The lowest BCUT2D eigenvalue weighted by molar-refractivity contribution is -0.0167. The zero-order valence-electron chi connectivity index (χ0n) is 17.7. The second-order valence-electron chi connectivity index (χ2n) is 7.74. The van der Waals surface area contributed by atoms with Crippen molar-refractivity contribution in [2.75, 3.05) is 35.7 Å². The number of halogens is 2. The molecule has 3 aromatic rings. The van der Waals surface area contributed by atoms with Crippen LogP contribution >= 0.6 is 12.4 Å². The summed E-state index contributed by atoms with van der Waals surface area (Å²) in [5, 5.41) is 6.63. The van der Waals surface area contributed by atoms with E-state index >= 15 is 0 Å². The third-order valence-corrected chi connectivity index (χ3v) is 5.27. The number of rotatable bonds is 7. The van der Waals surface area contributed by atoms with Crippen molar-refractivity contribution in [3.05, 3.63) is 66.4 Å². The summed E-state index contributed by atoms with van der Waals surface area (Å²) < 4.78 is 18.8. The summed E-state index contributed by atoms with van der Waals surface area (Å²) in [6.45, 7) is 5.71. The van der Waals surface area contributed by atoms with Gasteiger partial charge in [0.2, 0.25) is 0 Å². The van der Waals surface area contributed by atoms with E-state index < -0.39 is 0 Å². The Bertz CT molecular complexity index is 999. The van der Waals surface area contributed by atoms with Crippen molar-refractivity contribution in [1.82, 2.24) is 15.0 Å². The van der Waals surface area contributed by atoms with E-state index in [1.165, 1.54) is 12.1 Å². The number of hydrogen-bond acceptors (Lipinski definition) is 7. The van der Waals surface area contributed by atoms with Crippen LogP contribution < -0.4 is 15.5 Å². The molecule has 1 aliphatic heterocycles. The predicted octanol–water partition coefficient (Wildman–Crippen LogP) is 4.57. The maximum Gasteiger partial charge on any atom is 0.150 e. The van der Waals surface area contributed by atoms with Gasteiger partial charge in [0.1, 0.15) is 23.3 Å². The fraction of sp³-hybridized carbons (Fsp3) is 0.318. The molecule has 1 aliphatic rings. The third kappa shape index (κ3) is 5.39. The Hall–Kier alpha value is -2.97. The Labute approximate surface area is 187 Å². The quantitative estimate of drug-likeness (QED) is 0.552. The predicted molar refractivity (Wildman–Crippen MR) is 123 cm³/mol. The van der Waals surface area contributed by atoms with Gasteiger partial charge in [0.05, 0.1) is 11.8 Å². The molecule has 2 aromatic heterocycles. The summed E-state index contributed by atoms with van der Waals surface area (Å²) in [7, 11) is 1.74. The molecule has 1 atom stereocenters. The van der Waals surface area contributed by atoms with E-state index in [-0.39, 0.29) is 29.9 Å². The first-order valence-electron chi connectivity index (χ1n) is 9.81. The van der Waals surface area contributed by atoms with Gasteiger partial charge in [-0.1, -0.05) is 12.1 Å². The highest BCUT2D eigenvalue weighted by molar-refractivity contribution is 5.85. The van der Waals surface area contributed by atoms with Gasteiger partial charge < -0.3 is 20.3 Å². The molecule has 31 heavy (non-hydrogen) atoms. The summed E-state index contributed by atoms with van der Waals surface area (Å²) in [5.74, 6) is 1.74. The molecule has 2 N–H and O–H groups in total. The highest BCUT2D eigenvalue weighted by atomic mass is 35.5. The molecule has 0 aliphatic carbocycles. The smallest absolute Gasteiger partial charge is 0.150 e. The van der Waals surface area contributed by atoms with Crippen molar-refractivity contribution in [3.63, 3.8) is 0 Å². The van der Waals surface area contributed by atoms with Crippen LogP contribution in [0.4, 0.5) is 27.5 Å². The summed E-state index contributed by atoms with van der Waals surface area (Å²) in [4.78, 5) is 15.3. The zero-order chi connectivity index (χ0) is 21.1. The second kappa shape index (κ2) is 9.45. The van der Waals surface area contributed by atoms with Crippen LogP contribution in [0.2, 0.25) is 0 Å². The van der Waals surface area contributed by atoms with Gasteiger partial charge in [-0.15, -0.1) is 12.4 Å². The van der Waals surface area contributed by atoms with E-state index in [4.69, 9.17) is 4.74 Å². The molecule has 3 heterocycles. The molecule has 1 aromatic carbocycles. The van der Waals surface area contributed by atoms with Crippen LogP contribution in [-0.4, -0.2) is 40.8 Å². The van der Waals surface area contributed by atoms with Crippen LogP contribution in [-0.2, 0) is 4.74 Å². The van der Waals surface area contributed by atoms with Crippen LogP contribution in [0, 0.1) is 5.82 Å². The van der Waals surface area contributed by atoms with Gasteiger partial charge in [0.15, 0.2) is 0 Å². The lowest BCUT2D eigenvalue weighted by Crippen LogP contribution is -2.61. The molecule has 0 amide bonds. The van der Waals surface area contributed by atoms with Crippen molar-refractivity contribution in [1.29, 1.82) is 0 Å². The maximum atomic E-state index is 13.2. The number of anilines is 4. The second-order valence-corrected chi connectivity index (χ2v) is 7.74.